The van der Waals surface area contributed by atoms with Crippen LogP contribution in [0.1, 0.15) is 23.6 Å². The van der Waals surface area contributed by atoms with Crippen LogP contribution in [0.25, 0.3) is 0 Å². The highest BCUT2D eigenvalue weighted by atomic mass is 14.7. The van der Waals surface area contributed by atoms with E-state index in [1.807, 2.05) is 6.08 Å². The molecule has 15 heavy (non-hydrogen) atoms. The molecule has 1 rings (SSSR count). The summed E-state index contributed by atoms with van der Waals surface area (Å²) in [5.74, 6) is 0. The molecule has 0 aliphatic carbocycles. The molecule has 0 aliphatic rings. The van der Waals surface area contributed by atoms with E-state index >= 15 is 0 Å². The third-order valence-electron chi connectivity index (χ3n) is 2.52. The van der Waals surface area contributed by atoms with Crippen molar-refractivity contribution in [3.05, 3.63) is 47.2 Å². The Labute approximate surface area is 91.5 Å². The van der Waals surface area contributed by atoms with Gasteiger partial charge in [0.2, 0.25) is 0 Å². The van der Waals surface area contributed by atoms with Crippen molar-refractivity contribution in [1.82, 2.24) is 0 Å². The van der Waals surface area contributed by atoms with Gasteiger partial charge < -0.3 is 5.73 Å². The maximum atomic E-state index is 5.38. The average Bonchev–Trinajstić information content (AvgIpc) is 2.27. The SMILES string of the molecule is CCc1cc(C(C=CN)=NC)ccc1C. The van der Waals surface area contributed by atoms with Gasteiger partial charge in [0, 0.05) is 7.05 Å². The van der Waals surface area contributed by atoms with Gasteiger partial charge in [-0.2, -0.15) is 0 Å². The van der Waals surface area contributed by atoms with Crippen molar-refractivity contribution in [2.45, 2.75) is 20.3 Å². The number of hydrogen-bond donors (Lipinski definition) is 1. The molecule has 0 saturated heterocycles. The van der Waals surface area contributed by atoms with Gasteiger partial charge in [-0.3, -0.25) is 4.99 Å². The molecule has 2 N–H and O–H groups in total. The van der Waals surface area contributed by atoms with Crippen LogP contribution in [-0.2, 0) is 6.42 Å². The second-order valence-electron chi connectivity index (χ2n) is 3.46. The fourth-order valence-corrected chi connectivity index (χ4v) is 1.60. The van der Waals surface area contributed by atoms with E-state index in [0.717, 1.165) is 17.7 Å². The summed E-state index contributed by atoms with van der Waals surface area (Å²) in [6.45, 7) is 4.29. The van der Waals surface area contributed by atoms with Crippen LogP contribution in [-0.4, -0.2) is 12.8 Å². The van der Waals surface area contributed by atoms with Gasteiger partial charge in [-0.15, -0.1) is 0 Å². The molecule has 0 aliphatic heterocycles. The minimum absolute atomic E-state index is 0.923. The summed E-state index contributed by atoms with van der Waals surface area (Å²) >= 11 is 0. The number of rotatable bonds is 3. The average molecular weight is 202 g/mol. The molecule has 0 unspecified atom stereocenters. The number of aliphatic imine (C=N–C) groups is 1. The molecule has 2 nitrogen and oxygen atoms in total. The van der Waals surface area contributed by atoms with Gasteiger partial charge in [-0.1, -0.05) is 19.1 Å². The van der Waals surface area contributed by atoms with E-state index in [1.165, 1.54) is 17.3 Å². The van der Waals surface area contributed by atoms with Crippen LogP contribution in [0.15, 0.2) is 35.5 Å². The second kappa shape index (κ2) is 5.35. The summed E-state index contributed by atoms with van der Waals surface area (Å²) in [4.78, 5) is 4.20. The van der Waals surface area contributed by atoms with E-state index in [0.29, 0.717) is 0 Å². The maximum Gasteiger partial charge on any atom is 0.0657 e. The van der Waals surface area contributed by atoms with Gasteiger partial charge >= 0.3 is 0 Å². The Hall–Kier alpha value is -1.57. The lowest BCUT2D eigenvalue weighted by Crippen LogP contribution is -2.00. The Morgan fingerprint density at radius 3 is 2.73 bits per heavy atom. The molecule has 80 valence electrons. The normalized spacial score (nSPS) is 12.3. The second-order valence-corrected chi connectivity index (χ2v) is 3.46. The zero-order valence-electron chi connectivity index (χ0n) is 9.62. The Balaban J connectivity index is 3.15. The van der Waals surface area contributed by atoms with Crippen molar-refractivity contribution < 1.29 is 0 Å². The van der Waals surface area contributed by atoms with E-state index < -0.39 is 0 Å². The first-order valence-electron chi connectivity index (χ1n) is 5.17. The molecule has 0 amide bonds. The highest BCUT2D eigenvalue weighted by Gasteiger charge is 2.02. The number of nitrogens with zero attached hydrogens (tertiary/aromatic N) is 1. The first-order valence-corrected chi connectivity index (χ1v) is 5.17. The molecule has 0 bridgehead atoms. The summed E-state index contributed by atoms with van der Waals surface area (Å²) < 4.78 is 0. The standard InChI is InChI=1S/C13H18N2/c1-4-11-9-12(6-5-10(11)2)13(15-3)7-8-14/h5-9H,4,14H2,1-3H3. The summed E-state index contributed by atoms with van der Waals surface area (Å²) in [6.07, 6.45) is 4.39. The largest absolute Gasteiger partial charge is 0.405 e. The van der Waals surface area contributed by atoms with Crippen LogP contribution in [0.3, 0.4) is 0 Å². The molecule has 0 aromatic heterocycles. The number of allylic oxidation sites excluding steroid dienone is 1. The molecular weight excluding hydrogens is 184 g/mol. The first kappa shape index (κ1) is 11.5. The van der Waals surface area contributed by atoms with E-state index in [2.05, 4.69) is 37.0 Å². The molecule has 0 saturated carbocycles. The van der Waals surface area contributed by atoms with Crippen molar-refractivity contribution in [1.29, 1.82) is 0 Å². The van der Waals surface area contributed by atoms with Crippen molar-refractivity contribution >= 4 is 5.71 Å². The van der Waals surface area contributed by atoms with Gasteiger partial charge in [-0.25, -0.2) is 0 Å². The van der Waals surface area contributed by atoms with Crippen molar-refractivity contribution in [2.75, 3.05) is 7.05 Å². The Morgan fingerprint density at radius 1 is 1.47 bits per heavy atom. The smallest absolute Gasteiger partial charge is 0.0657 e. The van der Waals surface area contributed by atoms with Crippen molar-refractivity contribution in [3.63, 3.8) is 0 Å². The lowest BCUT2D eigenvalue weighted by molar-refractivity contribution is 1.11. The van der Waals surface area contributed by atoms with Gasteiger partial charge in [0.25, 0.3) is 0 Å². The van der Waals surface area contributed by atoms with E-state index in [-0.39, 0.29) is 0 Å². The Bertz CT molecular complexity index is 390. The molecule has 0 atom stereocenters. The molecule has 2 heteroatoms. The van der Waals surface area contributed by atoms with E-state index in [4.69, 9.17) is 5.73 Å². The molecular formula is C13H18N2. The third kappa shape index (κ3) is 2.69. The number of benzene rings is 1. The fraction of sp³-hybridized carbons (Fsp3) is 0.308. The third-order valence-corrected chi connectivity index (χ3v) is 2.52. The first-order chi connectivity index (χ1) is 7.22. The molecule has 0 heterocycles. The van der Waals surface area contributed by atoms with Crippen LogP contribution < -0.4 is 5.73 Å². The van der Waals surface area contributed by atoms with Gasteiger partial charge in [-0.05, 0) is 48.4 Å². The van der Waals surface area contributed by atoms with E-state index in [9.17, 15) is 0 Å². The summed E-state index contributed by atoms with van der Waals surface area (Å²) in [6, 6.07) is 6.39. The quantitative estimate of drug-likeness (QED) is 0.751. The minimum Gasteiger partial charge on any atom is -0.405 e. The number of aryl methyl sites for hydroxylation is 2. The molecule has 0 fully saturated rings. The van der Waals surface area contributed by atoms with Crippen LogP contribution in [0.4, 0.5) is 0 Å². The van der Waals surface area contributed by atoms with Crippen LogP contribution >= 0.6 is 0 Å². The topological polar surface area (TPSA) is 38.4 Å². The van der Waals surface area contributed by atoms with Crippen LogP contribution in [0.5, 0.6) is 0 Å². The summed E-state index contributed by atoms with van der Waals surface area (Å²) in [5.41, 5.74) is 10.1. The highest BCUT2D eigenvalue weighted by molar-refractivity contribution is 6.08. The van der Waals surface area contributed by atoms with Gasteiger partial charge in [0.15, 0.2) is 0 Å². The zero-order valence-corrected chi connectivity index (χ0v) is 9.62. The Kier molecular flexibility index (Phi) is 4.10. The van der Waals surface area contributed by atoms with Crippen LogP contribution in [0, 0.1) is 6.92 Å². The monoisotopic (exact) mass is 202 g/mol. The van der Waals surface area contributed by atoms with E-state index in [1.54, 1.807) is 7.05 Å². The summed E-state index contributed by atoms with van der Waals surface area (Å²) in [5, 5.41) is 0. The predicted molar refractivity (Wildman–Crippen MR) is 66.3 cm³/mol. The molecule has 1 aromatic carbocycles. The predicted octanol–water partition coefficient (Wildman–Crippen LogP) is 2.45. The van der Waals surface area contributed by atoms with Gasteiger partial charge in [0.1, 0.15) is 0 Å². The maximum absolute atomic E-state index is 5.38. The minimum atomic E-state index is 0.923. The number of hydrogen-bond acceptors (Lipinski definition) is 2. The lowest BCUT2D eigenvalue weighted by Gasteiger charge is -2.06. The van der Waals surface area contributed by atoms with Crippen LogP contribution in [0.2, 0.25) is 0 Å². The van der Waals surface area contributed by atoms with Gasteiger partial charge in [0.05, 0.1) is 5.71 Å². The fourth-order valence-electron chi connectivity index (χ4n) is 1.60. The molecule has 1 aromatic rings. The summed E-state index contributed by atoms with van der Waals surface area (Å²) in [7, 11) is 1.78. The van der Waals surface area contributed by atoms with Crippen molar-refractivity contribution in [3.8, 4) is 0 Å². The zero-order chi connectivity index (χ0) is 11.3. The highest BCUT2D eigenvalue weighted by Crippen LogP contribution is 2.13. The molecule has 0 radical (unpaired) electrons. The van der Waals surface area contributed by atoms with Crippen molar-refractivity contribution in [2.24, 2.45) is 10.7 Å². The molecule has 0 spiro atoms. The Morgan fingerprint density at radius 2 is 2.20 bits per heavy atom. The lowest BCUT2D eigenvalue weighted by atomic mass is 10.0. The number of nitrogens with two attached hydrogens (primary N) is 1.